The van der Waals surface area contributed by atoms with Crippen molar-refractivity contribution in [3.05, 3.63) is 64.7 Å². The second-order valence-electron chi connectivity index (χ2n) is 7.17. The fourth-order valence-corrected chi connectivity index (χ4v) is 2.81. The number of carbonyl (C=O) groups is 1. The lowest BCUT2D eigenvalue weighted by Gasteiger charge is -2.22. The van der Waals surface area contributed by atoms with Gasteiger partial charge in [0, 0.05) is 17.1 Å². The minimum Gasteiger partial charge on any atom is -0.351 e. The summed E-state index contributed by atoms with van der Waals surface area (Å²) in [5.41, 5.74) is 2.24. The molecule has 0 radical (unpaired) electrons. The van der Waals surface area contributed by atoms with E-state index in [4.69, 9.17) is 11.6 Å². The van der Waals surface area contributed by atoms with Gasteiger partial charge in [-0.25, -0.2) is 0 Å². The normalized spacial score (nSPS) is 11.4. The summed E-state index contributed by atoms with van der Waals surface area (Å²) < 4.78 is 0. The molecule has 3 aromatic rings. The van der Waals surface area contributed by atoms with Crippen LogP contribution in [0.5, 0.6) is 0 Å². The molecule has 1 amide bonds. The van der Waals surface area contributed by atoms with Crippen molar-refractivity contribution in [2.75, 3.05) is 0 Å². The van der Waals surface area contributed by atoms with Gasteiger partial charge in [0.1, 0.15) is 0 Å². The molecule has 7 heteroatoms. The Morgan fingerprint density at radius 2 is 1.85 bits per heavy atom. The van der Waals surface area contributed by atoms with Gasteiger partial charge in [-0.2, -0.15) is 4.80 Å². The largest absolute Gasteiger partial charge is 0.351 e. The second-order valence-corrected chi connectivity index (χ2v) is 7.57. The van der Waals surface area contributed by atoms with Crippen LogP contribution in [0.1, 0.15) is 25.0 Å². The maximum atomic E-state index is 12.6. The number of halogens is 1. The van der Waals surface area contributed by atoms with Gasteiger partial charge >= 0.3 is 0 Å². The number of aryl methyl sites for hydroxylation is 1. The number of tetrazole rings is 1. The molecule has 0 saturated heterocycles. The summed E-state index contributed by atoms with van der Waals surface area (Å²) >= 11 is 6.14. The molecule has 0 atom stereocenters. The smallest absolute Gasteiger partial charge is 0.227 e. The Morgan fingerprint density at radius 1 is 1.15 bits per heavy atom. The zero-order chi connectivity index (χ0) is 19.4. The van der Waals surface area contributed by atoms with Crippen LogP contribution in [0, 0.1) is 12.3 Å². The Kier molecular flexibility index (Phi) is 5.56. The van der Waals surface area contributed by atoms with Crippen molar-refractivity contribution in [3.63, 3.8) is 0 Å². The quantitative estimate of drug-likeness (QED) is 0.705. The third-order valence-corrected chi connectivity index (χ3v) is 4.68. The van der Waals surface area contributed by atoms with E-state index in [1.165, 1.54) is 10.4 Å². The lowest BCUT2D eigenvalue weighted by atomic mass is 9.92. The van der Waals surface area contributed by atoms with Crippen molar-refractivity contribution in [2.45, 2.75) is 33.9 Å². The average Bonchev–Trinajstić information content (AvgIpc) is 3.09. The van der Waals surface area contributed by atoms with E-state index in [9.17, 15) is 4.79 Å². The molecule has 0 aliphatic carbocycles. The highest BCUT2D eigenvalue weighted by molar-refractivity contribution is 6.31. The summed E-state index contributed by atoms with van der Waals surface area (Å²) in [6, 6.07) is 15.4. The predicted molar refractivity (Wildman–Crippen MR) is 105 cm³/mol. The van der Waals surface area contributed by atoms with Gasteiger partial charge in [0.15, 0.2) is 0 Å². The number of carbonyl (C=O) groups excluding carboxylic acids is 1. The van der Waals surface area contributed by atoms with Crippen molar-refractivity contribution in [3.8, 4) is 11.4 Å². The molecule has 0 aliphatic heterocycles. The Hall–Kier alpha value is -2.73. The van der Waals surface area contributed by atoms with Crippen molar-refractivity contribution >= 4 is 17.5 Å². The lowest BCUT2D eigenvalue weighted by molar-refractivity contribution is -0.130. The number of hydrogen-bond acceptors (Lipinski definition) is 4. The maximum Gasteiger partial charge on any atom is 0.227 e. The SMILES string of the molecule is Cc1ccc(-c2nnn(CC(C)(C)C(=O)NCc3ccccc3Cl)n2)cc1. The van der Waals surface area contributed by atoms with E-state index < -0.39 is 5.41 Å². The highest BCUT2D eigenvalue weighted by atomic mass is 35.5. The van der Waals surface area contributed by atoms with Crippen LogP contribution in [-0.2, 0) is 17.9 Å². The van der Waals surface area contributed by atoms with Gasteiger partial charge < -0.3 is 5.32 Å². The first kappa shape index (κ1) is 19.0. The van der Waals surface area contributed by atoms with Crippen LogP contribution in [-0.4, -0.2) is 26.1 Å². The van der Waals surface area contributed by atoms with Crippen LogP contribution >= 0.6 is 11.6 Å². The van der Waals surface area contributed by atoms with Gasteiger partial charge in [-0.05, 0) is 37.6 Å². The third-order valence-electron chi connectivity index (χ3n) is 4.31. The van der Waals surface area contributed by atoms with Crippen LogP contribution in [0.3, 0.4) is 0 Å². The van der Waals surface area contributed by atoms with Gasteiger partial charge in [0.25, 0.3) is 0 Å². The second kappa shape index (κ2) is 7.88. The topological polar surface area (TPSA) is 72.7 Å². The van der Waals surface area contributed by atoms with E-state index in [1.54, 1.807) is 6.07 Å². The molecular formula is C20H22ClN5O. The molecule has 0 saturated carbocycles. The summed E-state index contributed by atoms with van der Waals surface area (Å²) in [4.78, 5) is 14.1. The van der Waals surface area contributed by atoms with E-state index in [0.717, 1.165) is 11.1 Å². The van der Waals surface area contributed by atoms with Crippen molar-refractivity contribution in [1.29, 1.82) is 0 Å². The molecule has 3 rings (SSSR count). The molecule has 0 fully saturated rings. The highest BCUT2D eigenvalue weighted by Gasteiger charge is 2.29. The molecule has 140 valence electrons. The Bertz CT molecular complexity index is 934. The molecule has 0 bridgehead atoms. The number of benzene rings is 2. The fourth-order valence-electron chi connectivity index (χ4n) is 2.61. The molecule has 0 spiro atoms. The number of nitrogens with one attached hydrogen (secondary N) is 1. The Morgan fingerprint density at radius 3 is 2.56 bits per heavy atom. The number of hydrogen-bond donors (Lipinski definition) is 1. The maximum absolute atomic E-state index is 12.6. The van der Waals surface area contributed by atoms with E-state index in [-0.39, 0.29) is 5.91 Å². The first-order chi connectivity index (χ1) is 12.8. The minimum absolute atomic E-state index is 0.100. The standard InChI is InChI=1S/C20H22ClN5O/c1-14-8-10-15(11-9-14)18-23-25-26(24-18)13-20(2,3)19(27)22-12-16-6-4-5-7-17(16)21/h4-11H,12-13H2,1-3H3,(H,22,27). The molecule has 27 heavy (non-hydrogen) atoms. The van der Waals surface area contributed by atoms with Gasteiger partial charge in [-0.15, -0.1) is 10.2 Å². The summed E-state index contributed by atoms with van der Waals surface area (Å²) in [6.07, 6.45) is 0. The van der Waals surface area contributed by atoms with Crippen LogP contribution in [0.4, 0.5) is 0 Å². The first-order valence-corrected chi connectivity index (χ1v) is 9.09. The number of rotatable bonds is 6. The van der Waals surface area contributed by atoms with E-state index in [1.807, 2.05) is 63.2 Å². The fraction of sp³-hybridized carbons (Fsp3) is 0.300. The molecule has 0 aliphatic rings. The Labute approximate surface area is 163 Å². The number of nitrogens with zero attached hydrogens (tertiary/aromatic N) is 4. The molecule has 1 heterocycles. The molecular weight excluding hydrogens is 362 g/mol. The van der Waals surface area contributed by atoms with E-state index >= 15 is 0 Å². The van der Waals surface area contributed by atoms with Gasteiger partial charge in [0.05, 0.1) is 12.0 Å². The predicted octanol–water partition coefficient (Wildman–Crippen LogP) is 3.64. The lowest BCUT2D eigenvalue weighted by Crippen LogP contribution is -2.39. The van der Waals surface area contributed by atoms with Crippen molar-refractivity contribution in [2.24, 2.45) is 5.41 Å². The summed E-state index contributed by atoms with van der Waals surface area (Å²) in [5, 5.41) is 16.2. The van der Waals surface area contributed by atoms with Gasteiger partial charge in [-0.1, -0.05) is 59.6 Å². The summed E-state index contributed by atoms with van der Waals surface area (Å²) in [6.45, 7) is 6.42. The molecule has 0 unspecified atom stereocenters. The monoisotopic (exact) mass is 383 g/mol. The van der Waals surface area contributed by atoms with E-state index in [2.05, 4.69) is 20.7 Å². The molecule has 1 N–H and O–H groups in total. The first-order valence-electron chi connectivity index (χ1n) is 8.72. The molecule has 1 aromatic heterocycles. The summed E-state index contributed by atoms with van der Waals surface area (Å²) in [7, 11) is 0. The molecule has 6 nitrogen and oxygen atoms in total. The number of aromatic nitrogens is 4. The van der Waals surface area contributed by atoms with Gasteiger partial charge in [0.2, 0.25) is 11.7 Å². The van der Waals surface area contributed by atoms with Crippen LogP contribution < -0.4 is 5.32 Å². The summed E-state index contributed by atoms with van der Waals surface area (Å²) in [5.74, 6) is 0.443. The zero-order valence-electron chi connectivity index (χ0n) is 15.6. The minimum atomic E-state index is -0.702. The van der Waals surface area contributed by atoms with E-state index in [0.29, 0.717) is 23.9 Å². The van der Waals surface area contributed by atoms with Crippen LogP contribution in [0.15, 0.2) is 48.5 Å². The highest BCUT2D eigenvalue weighted by Crippen LogP contribution is 2.20. The average molecular weight is 384 g/mol. The zero-order valence-corrected chi connectivity index (χ0v) is 16.4. The number of amides is 1. The molecule has 2 aromatic carbocycles. The van der Waals surface area contributed by atoms with Crippen LogP contribution in [0.25, 0.3) is 11.4 Å². The van der Waals surface area contributed by atoms with Crippen molar-refractivity contribution in [1.82, 2.24) is 25.5 Å². The van der Waals surface area contributed by atoms with Crippen molar-refractivity contribution < 1.29 is 4.79 Å². The van der Waals surface area contributed by atoms with Gasteiger partial charge in [-0.3, -0.25) is 4.79 Å². The third kappa shape index (κ3) is 4.71. The van der Waals surface area contributed by atoms with Crippen LogP contribution in [0.2, 0.25) is 5.02 Å². The Balaban J connectivity index is 1.64.